The number of carbonyl (C=O) groups excluding carboxylic acids is 2. The maximum atomic E-state index is 12.5. The molecule has 1 amide bonds. The van der Waals surface area contributed by atoms with Gasteiger partial charge in [-0.25, -0.2) is 0 Å². The van der Waals surface area contributed by atoms with Gasteiger partial charge in [-0.05, 0) is 44.4 Å². The van der Waals surface area contributed by atoms with E-state index in [0.29, 0.717) is 18.9 Å². The predicted octanol–water partition coefficient (Wildman–Crippen LogP) is 3.90. The largest absolute Gasteiger partial charge is 0.494 e. The van der Waals surface area contributed by atoms with Crippen molar-refractivity contribution in [3.05, 3.63) is 29.3 Å². The zero-order valence-electron chi connectivity index (χ0n) is 17.4. The molecule has 0 unspecified atom stereocenters. The summed E-state index contributed by atoms with van der Waals surface area (Å²) in [6.45, 7) is 8.24. The van der Waals surface area contributed by atoms with Gasteiger partial charge in [-0.15, -0.1) is 0 Å². The van der Waals surface area contributed by atoms with E-state index in [1.54, 1.807) is 6.92 Å². The van der Waals surface area contributed by atoms with Crippen LogP contribution < -0.4 is 4.74 Å². The van der Waals surface area contributed by atoms with Crippen LogP contribution in [0.1, 0.15) is 68.3 Å². The van der Waals surface area contributed by atoms with E-state index in [-0.39, 0.29) is 5.78 Å². The lowest BCUT2D eigenvalue weighted by molar-refractivity contribution is -0.133. The second kappa shape index (κ2) is 10.1. The lowest BCUT2D eigenvalue weighted by Gasteiger charge is -2.35. The molecule has 5 nitrogen and oxygen atoms in total. The molecule has 0 spiro atoms. The number of benzene rings is 1. The molecule has 5 heteroatoms. The first-order chi connectivity index (χ1) is 13.6. The van der Waals surface area contributed by atoms with Crippen LogP contribution in [0.15, 0.2) is 18.2 Å². The standard InChI is InChI=1S/C23H34N2O3/c1-3-28-22-10-9-20(18(2)26)16-21(22)17-24-12-14-25(15-13-24)23(27)11-8-19-6-4-5-7-19/h9-10,16,19H,3-8,11-15,17H2,1-2H3. The number of piperazine rings is 1. The van der Waals surface area contributed by atoms with Gasteiger partial charge >= 0.3 is 0 Å². The first kappa shape index (κ1) is 20.8. The summed E-state index contributed by atoms with van der Waals surface area (Å²) in [5.74, 6) is 2.01. The van der Waals surface area contributed by atoms with Gasteiger partial charge in [0.1, 0.15) is 5.75 Å². The molecular formula is C23H34N2O3. The van der Waals surface area contributed by atoms with Crippen LogP contribution in [-0.2, 0) is 11.3 Å². The molecule has 2 fully saturated rings. The first-order valence-corrected chi connectivity index (χ1v) is 10.8. The van der Waals surface area contributed by atoms with E-state index in [9.17, 15) is 9.59 Å². The van der Waals surface area contributed by atoms with Gasteiger partial charge in [0.05, 0.1) is 6.61 Å². The maximum Gasteiger partial charge on any atom is 0.222 e. The van der Waals surface area contributed by atoms with Gasteiger partial charge in [0, 0.05) is 50.3 Å². The molecule has 3 rings (SSSR count). The van der Waals surface area contributed by atoms with Crippen molar-refractivity contribution < 1.29 is 14.3 Å². The number of rotatable bonds is 8. The van der Waals surface area contributed by atoms with Crippen LogP contribution >= 0.6 is 0 Å². The Kier molecular flexibility index (Phi) is 7.49. The molecule has 0 aromatic heterocycles. The lowest BCUT2D eigenvalue weighted by atomic mass is 10.0. The molecule has 0 atom stereocenters. The normalized spacial score (nSPS) is 18.4. The van der Waals surface area contributed by atoms with E-state index in [0.717, 1.165) is 61.9 Å². The Labute approximate surface area is 169 Å². The molecule has 0 radical (unpaired) electrons. The number of ether oxygens (including phenoxy) is 1. The van der Waals surface area contributed by atoms with E-state index in [4.69, 9.17) is 4.74 Å². The number of amides is 1. The molecule has 28 heavy (non-hydrogen) atoms. The van der Waals surface area contributed by atoms with Crippen LogP contribution in [0, 0.1) is 5.92 Å². The zero-order chi connectivity index (χ0) is 19.9. The summed E-state index contributed by atoms with van der Waals surface area (Å²) in [7, 11) is 0. The van der Waals surface area contributed by atoms with Crippen molar-refractivity contribution in [3.8, 4) is 5.75 Å². The highest BCUT2D eigenvalue weighted by molar-refractivity contribution is 5.94. The molecule has 154 valence electrons. The molecule has 1 saturated heterocycles. The Morgan fingerprint density at radius 3 is 2.46 bits per heavy atom. The Morgan fingerprint density at radius 2 is 1.82 bits per heavy atom. The van der Waals surface area contributed by atoms with E-state index in [2.05, 4.69) is 4.90 Å². The summed E-state index contributed by atoms with van der Waals surface area (Å²) in [6, 6.07) is 5.68. The summed E-state index contributed by atoms with van der Waals surface area (Å²) < 4.78 is 5.75. The monoisotopic (exact) mass is 386 g/mol. The van der Waals surface area contributed by atoms with Crippen LogP contribution in [0.5, 0.6) is 5.75 Å². The smallest absolute Gasteiger partial charge is 0.222 e. The second-order valence-corrected chi connectivity index (χ2v) is 8.16. The second-order valence-electron chi connectivity index (χ2n) is 8.16. The van der Waals surface area contributed by atoms with Gasteiger partial charge in [-0.3, -0.25) is 14.5 Å². The number of ketones is 1. The van der Waals surface area contributed by atoms with E-state index in [1.165, 1.54) is 25.7 Å². The fourth-order valence-electron chi connectivity index (χ4n) is 4.40. The molecule has 1 aromatic rings. The van der Waals surface area contributed by atoms with Crippen LogP contribution in [0.4, 0.5) is 0 Å². The molecular weight excluding hydrogens is 352 g/mol. The average molecular weight is 387 g/mol. The fourth-order valence-corrected chi connectivity index (χ4v) is 4.40. The zero-order valence-corrected chi connectivity index (χ0v) is 17.4. The van der Waals surface area contributed by atoms with Gasteiger partial charge in [-0.2, -0.15) is 0 Å². The third kappa shape index (κ3) is 5.57. The van der Waals surface area contributed by atoms with Crippen molar-refractivity contribution in [2.75, 3.05) is 32.8 Å². The van der Waals surface area contributed by atoms with Crippen LogP contribution in [-0.4, -0.2) is 54.3 Å². The SMILES string of the molecule is CCOc1ccc(C(C)=O)cc1CN1CCN(C(=O)CCC2CCCC2)CC1. The molecule has 2 aliphatic rings. The number of hydrogen-bond acceptors (Lipinski definition) is 4. The van der Waals surface area contributed by atoms with Gasteiger partial charge < -0.3 is 9.64 Å². The molecule has 1 aliphatic heterocycles. The third-order valence-corrected chi connectivity index (χ3v) is 6.13. The molecule has 1 aliphatic carbocycles. The molecule has 0 bridgehead atoms. The Hall–Kier alpha value is -1.88. The van der Waals surface area contributed by atoms with E-state index < -0.39 is 0 Å². The van der Waals surface area contributed by atoms with E-state index in [1.807, 2.05) is 30.0 Å². The van der Waals surface area contributed by atoms with Gasteiger partial charge in [-0.1, -0.05) is 25.7 Å². The van der Waals surface area contributed by atoms with Gasteiger partial charge in [0.15, 0.2) is 5.78 Å². The van der Waals surface area contributed by atoms with Crippen molar-refractivity contribution >= 4 is 11.7 Å². The highest BCUT2D eigenvalue weighted by Gasteiger charge is 2.23. The van der Waals surface area contributed by atoms with Crippen molar-refractivity contribution in [2.45, 2.75) is 58.9 Å². The minimum Gasteiger partial charge on any atom is -0.494 e. The third-order valence-electron chi connectivity index (χ3n) is 6.13. The molecule has 1 heterocycles. The number of nitrogens with zero attached hydrogens (tertiary/aromatic N) is 2. The molecule has 1 saturated carbocycles. The van der Waals surface area contributed by atoms with Crippen LogP contribution in [0.25, 0.3) is 0 Å². The Balaban J connectivity index is 1.51. The summed E-state index contributed by atoms with van der Waals surface area (Å²) in [6.07, 6.45) is 7.07. The van der Waals surface area contributed by atoms with Crippen LogP contribution in [0.2, 0.25) is 0 Å². The van der Waals surface area contributed by atoms with Crippen molar-refractivity contribution in [1.82, 2.24) is 9.80 Å². The predicted molar refractivity (Wildman–Crippen MR) is 111 cm³/mol. The van der Waals surface area contributed by atoms with Crippen LogP contribution in [0.3, 0.4) is 0 Å². The topological polar surface area (TPSA) is 49.9 Å². The van der Waals surface area contributed by atoms with Crippen molar-refractivity contribution in [3.63, 3.8) is 0 Å². The maximum absolute atomic E-state index is 12.5. The fraction of sp³-hybridized carbons (Fsp3) is 0.652. The molecule has 1 aromatic carbocycles. The minimum atomic E-state index is 0.0713. The van der Waals surface area contributed by atoms with Crippen molar-refractivity contribution in [1.29, 1.82) is 0 Å². The minimum absolute atomic E-state index is 0.0713. The highest BCUT2D eigenvalue weighted by Crippen LogP contribution is 2.29. The Bertz CT molecular complexity index is 674. The molecule has 0 N–H and O–H groups in total. The summed E-state index contributed by atoms with van der Waals surface area (Å²) in [5.41, 5.74) is 1.77. The summed E-state index contributed by atoms with van der Waals surface area (Å²) in [4.78, 5) is 28.6. The summed E-state index contributed by atoms with van der Waals surface area (Å²) >= 11 is 0. The van der Waals surface area contributed by atoms with Gasteiger partial charge in [0.25, 0.3) is 0 Å². The number of Topliss-reactive ketones (excluding diaryl/α,β-unsaturated/α-hetero) is 1. The lowest BCUT2D eigenvalue weighted by Crippen LogP contribution is -2.48. The number of hydrogen-bond donors (Lipinski definition) is 0. The van der Waals surface area contributed by atoms with Gasteiger partial charge in [0.2, 0.25) is 5.91 Å². The number of carbonyl (C=O) groups is 2. The Morgan fingerprint density at radius 1 is 1.11 bits per heavy atom. The highest BCUT2D eigenvalue weighted by atomic mass is 16.5. The first-order valence-electron chi connectivity index (χ1n) is 10.8. The van der Waals surface area contributed by atoms with E-state index >= 15 is 0 Å². The van der Waals surface area contributed by atoms with Crippen molar-refractivity contribution in [2.24, 2.45) is 5.92 Å². The quantitative estimate of drug-likeness (QED) is 0.636. The average Bonchev–Trinajstić information content (AvgIpc) is 3.21. The summed E-state index contributed by atoms with van der Waals surface area (Å²) in [5, 5.41) is 0.